The highest BCUT2D eigenvalue weighted by Crippen LogP contribution is 2.21. The first-order chi connectivity index (χ1) is 16.3. The lowest BCUT2D eigenvalue weighted by Crippen LogP contribution is -2.19. The van der Waals surface area contributed by atoms with E-state index in [0.717, 1.165) is 6.54 Å². The molecule has 0 aliphatic rings. The van der Waals surface area contributed by atoms with Crippen LogP contribution in [-0.4, -0.2) is 18.5 Å². The van der Waals surface area contributed by atoms with Crippen molar-refractivity contribution in [1.29, 1.82) is 0 Å². The zero-order valence-electron chi connectivity index (χ0n) is 21.9. The van der Waals surface area contributed by atoms with Gasteiger partial charge >= 0.3 is 0 Å². The van der Waals surface area contributed by atoms with Gasteiger partial charge in [-0.2, -0.15) is 0 Å². The minimum Gasteiger partial charge on any atom is -0.302 e. The Hall–Kier alpha value is -1.60. The lowest BCUT2D eigenvalue weighted by atomic mass is 10.0. The minimum atomic E-state index is 1.04. The van der Waals surface area contributed by atoms with E-state index in [-0.39, 0.29) is 0 Å². The lowest BCUT2D eigenvalue weighted by Gasteiger charge is -2.17. The molecule has 33 heavy (non-hydrogen) atoms. The fourth-order valence-electron chi connectivity index (χ4n) is 4.80. The predicted molar refractivity (Wildman–Crippen MR) is 148 cm³/mol. The molecule has 0 unspecified atom stereocenters. The van der Waals surface area contributed by atoms with Gasteiger partial charge in [-0.05, 0) is 42.8 Å². The quantitative estimate of drug-likeness (QED) is 0.182. The summed E-state index contributed by atoms with van der Waals surface area (Å²) in [5.74, 6) is 0. The molecule has 0 atom stereocenters. The fourth-order valence-corrected chi connectivity index (χ4v) is 4.80. The first-order valence-corrected chi connectivity index (χ1v) is 14.1. The van der Waals surface area contributed by atoms with Crippen molar-refractivity contribution in [2.24, 2.45) is 0 Å². The zero-order chi connectivity index (χ0) is 23.4. The molecule has 0 amide bonds. The highest BCUT2D eigenvalue weighted by atomic mass is 15.1. The van der Waals surface area contributed by atoms with E-state index in [1.807, 2.05) is 0 Å². The zero-order valence-corrected chi connectivity index (χ0v) is 21.9. The molecule has 0 saturated heterocycles. The SMILES string of the molecule is CCCCCCCCCCCCCCCCCCN(C)Cc1cccc(-c2ccccc2)c1. The number of benzene rings is 2. The van der Waals surface area contributed by atoms with Crippen molar-refractivity contribution in [3.8, 4) is 11.1 Å². The topological polar surface area (TPSA) is 3.24 Å². The van der Waals surface area contributed by atoms with Crippen molar-refractivity contribution in [3.05, 3.63) is 60.2 Å². The molecule has 0 aliphatic heterocycles. The van der Waals surface area contributed by atoms with Crippen LogP contribution in [0.25, 0.3) is 11.1 Å². The highest BCUT2D eigenvalue weighted by molar-refractivity contribution is 5.63. The van der Waals surface area contributed by atoms with Crippen LogP contribution >= 0.6 is 0 Å². The van der Waals surface area contributed by atoms with Gasteiger partial charge in [-0.15, -0.1) is 0 Å². The van der Waals surface area contributed by atoms with Crippen LogP contribution in [0.1, 0.15) is 115 Å². The second-order valence-corrected chi connectivity index (χ2v) is 10.1. The van der Waals surface area contributed by atoms with E-state index in [4.69, 9.17) is 0 Å². The maximum atomic E-state index is 2.48. The maximum absolute atomic E-state index is 2.48. The monoisotopic (exact) mass is 449 g/mol. The van der Waals surface area contributed by atoms with Crippen molar-refractivity contribution in [2.45, 2.75) is 116 Å². The highest BCUT2D eigenvalue weighted by Gasteiger charge is 2.03. The molecule has 0 spiro atoms. The van der Waals surface area contributed by atoms with E-state index in [2.05, 4.69) is 73.5 Å². The van der Waals surface area contributed by atoms with Gasteiger partial charge in [-0.3, -0.25) is 0 Å². The largest absolute Gasteiger partial charge is 0.302 e. The van der Waals surface area contributed by atoms with Crippen molar-refractivity contribution in [2.75, 3.05) is 13.6 Å². The molecular formula is C32H51N. The lowest BCUT2D eigenvalue weighted by molar-refractivity contribution is 0.316. The number of nitrogens with zero attached hydrogens (tertiary/aromatic N) is 1. The fraction of sp³-hybridized carbons (Fsp3) is 0.625. The second kappa shape index (κ2) is 18.8. The van der Waals surface area contributed by atoms with E-state index in [0.29, 0.717) is 0 Å². The molecule has 0 fully saturated rings. The molecule has 0 aromatic heterocycles. The van der Waals surface area contributed by atoms with E-state index in [1.165, 1.54) is 126 Å². The van der Waals surface area contributed by atoms with E-state index < -0.39 is 0 Å². The average molecular weight is 450 g/mol. The first-order valence-electron chi connectivity index (χ1n) is 14.1. The van der Waals surface area contributed by atoms with Crippen molar-refractivity contribution >= 4 is 0 Å². The Kier molecular flexibility index (Phi) is 15.7. The van der Waals surface area contributed by atoms with Crippen LogP contribution in [0, 0.1) is 0 Å². The third-order valence-electron chi connectivity index (χ3n) is 6.88. The van der Waals surface area contributed by atoms with Gasteiger partial charge in [-0.25, -0.2) is 0 Å². The molecule has 2 aromatic rings. The van der Waals surface area contributed by atoms with Crippen LogP contribution in [0.15, 0.2) is 54.6 Å². The van der Waals surface area contributed by atoms with Crippen LogP contribution in [0.4, 0.5) is 0 Å². The van der Waals surface area contributed by atoms with Crippen LogP contribution in [0.2, 0.25) is 0 Å². The summed E-state index contributed by atoms with van der Waals surface area (Å²) < 4.78 is 0. The third kappa shape index (κ3) is 13.6. The van der Waals surface area contributed by atoms with Gasteiger partial charge in [0, 0.05) is 6.54 Å². The molecule has 1 heteroatoms. The normalized spacial score (nSPS) is 11.4. The molecule has 0 saturated carbocycles. The Morgan fingerprint density at radius 2 is 1.00 bits per heavy atom. The second-order valence-electron chi connectivity index (χ2n) is 10.1. The smallest absolute Gasteiger partial charge is 0.0230 e. The summed E-state index contributed by atoms with van der Waals surface area (Å²) >= 11 is 0. The average Bonchev–Trinajstić information content (AvgIpc) is 2.84. The Morgan fingerprint density at radius 1 is 0.515 bits per heavy atom. The van der Waals surface area contributed by atoms with Gasteiger partial charge in [-0.1, -0.05) is 152 Å². The Balaban J connectivity index is 1.41. The molecule has 0 N–H and O–H groups in total. The van der Waals surface area contributed by atoms with Crippen LogP contribution < -0.4 is 0 Å². The van der Waals surface area contributed by atoms with Crippen LogP contribution in [0.3, 0.4) is 0 Å². The summed E-state index contributed by atoms with van der Waals surface area (Å²) in [5, 5.41) is 0. The van der Waals surface area contributed by atoms with Gasteiger partial charge in [0.2, 0.25) is 0 Å². The van der Waals surface area contributed by atoms with Crippen LogP contribution in [-0.2, 0) is 6.54 Å². The van der Waals surface area contributed by atoms with E-state index >= 15 is 0 Å². The molecule has 2 rings (SSSR count). The summed E-state index contributed by atoms with van der Waals surface area (Å²) in [6, 6.07) is 19.7. The van der Waals surface area contributed by atoms with E-state index in [1.54, 1.807) is 0 Å². The molecule has 0 bridgehead atoms. The maximum Gasteiger partial charge on any atom is 0.0230 e. The molecule has 0 aliphatic carbocycles. The third-order valence-corrected chi connectivity index (χ3v) is 6.88. The predicted octanol–water partition coefficient (Wildman–Crippen LogP) is 10.0. The van der Waals surface area contributed by atoms with Crippen LogP contribution in [0.5, 0.6) is 0 Å². The number of hydrogen-bond donors (Lipinski definition) is 0. The summed E-state index contributed by atoms with van der Waals surface area (Å²) in [6.07, 6.45) is 23.0. The van der Waals surface area contributed by atoms with Gasteiger partial charge in [0.25, 0.3) is 0 Å². The molecule has 1 nitrogen and oxygen atoms in total. The Bertz CT molecular complexity index is 693. The number of hydrogen-bond acceptors (Lipinski definition) is 1. The minimum absolute atomic E-state index is 1.04. The van der Waals surface area contributed by atoms with Gasteiger partial charge in [0.15, 0.2) is 0 Å². The molecule has 184 valence electrons. The molecule has 0 radical (unpaired) electrons. The summed E-state index contributed by atoms with van der Waals surface area (Å²) in [7, 11) is 2.26. The summed E-state index contributed by atoms with van der Waals surface area (Å²) in [6.45, 7) is 4.54. The van der Waals surface area contributed by atoms with Gasteiger partial charge in [0.1, 0.15) is 0 Å². The number of unbranched alkanes of at least 4 members (excludes halogenated alkanes) is 15. The van der Waals surface area contributed by atoms with Gasteiger partial charge in [0.05, 0.1) is 0 Å². The number of rotatable bonds is 20. The summed E-state index contributed by atoms with van der Waals surface area (Å²) in [4.78, 5) is 2.48. The molecular weight excluding hydrogens is 398 g/mol. The summed E-state index contributed by atoms with van der Waals surface area (Å²) in [5.41, 5.74) is 4.04. The van der Waals surface area contributed by atoms with Crippen molar-refractivity contribution in [3.63, 3.8) is 0 Å². The van der Waals surface area contributed by atoms with E-state index in [9.17, 15) is 0 Å². The van der Waals surface area contributed by atoms with Crippen molar-refractivity contribution in [1.82, 2.24) is 4.90 Å². The van der Waals surface area contributed by atoms with Gasteiger partial charge < -0.3 is 4.90 Å². The molecule has 2 aromatic carbocycles. The first kappa shape index (κ1) is 27.6. The standard InChI is InChI=1S/C32H51N/c1-3-4-5-6-7-8-9-10-11-12-13-14-15-16-17-21-27-33(2)29-30-23-22-26-32(28-30)31-24-19-18-20-25-31/h18-20,22-26,28H,3-17,21,27,29H2,1-2H3. The van der Waals surface area contributed by atoms with Crippen molar-refractivity contribution < 1.29 is 0 Å². The Labute approximate surface area is 206 Å². The Morgan fingerprint density at radius 3 is 1.55 bits per heavy atom. The molecule has 0 heterocycles.